The van der Waals surface area contributed by atoms with Crippen LogP contribution in [0.2, 0.25) is 0 Å². The lowest BCUT2D eigenvalue weighted by atomic mass is 10.0. The Bertz CT molecular complexity index is 393. The van der Waals surface area contributed by atoms with E-state index in [2.05, 4.69) is 5.32 Å². The number of carbonyl (C=O) groups is 2. The molecule has 1 aromatic rings. The minimum atomic E-state index is -0.797. The van der Waals surface area contributed by atoms with Crippen molar-refractivity contribution in [3.8, 4) is 0 Å². The van der Waals surface area contributed by atoms with Gasteiger partial charge in [-0.1, -0.05) is 0 Å². The van der Waals surface area contributed by atoms with Crippen molar-refractivity contribution >= 4 is 23.0 Å². The molecule has 0 aliphatic heterocycles. The molecule has 0 unspecified atom stereocenters. The van der Waals surface area contributed by atoms with Gasteiger partial charge in [-0.2, -0.15) is 0 Å². The summed E-state index contributed by atoms with van der Waals surface area (Å²) in [5.41, 5.74) is -0.797. The lowest BCUT2D eigenvalue weighted by Crippen LogP contribution is -2.48. The van der Waals surface area contributed by atoms with E-state index < -0.39 is 5.54 Å². The van der Waals surface area contributed by atoms with E-state index in [1.54, 1.807) is 19.9 Å². The maximum Gasteiger partial charge on any atom is 0.262 e. The monoisotopic (exact) mass is 225 g/mol. The molecule has 0 fully saturated rings. The minimum Gasteiger partial charge on any atom is -0.339 e. The number of hydrogen-bond donors (Lipinski definition) is 1. The van der Waals surface area contributed by atoms with E-state index in [0.29, 0.717) is 4.88 Å². The highest BCUT2D eigenvalue weighted by Crippen LogP contribution is 2.16. The molecule has 0 saturated carbocycles. The van der Waals surface area contributed by atoms with Crippen LogP contribution in [0.25, 0.3) is 0 Å². The molecular weight excluding hydrogens is 210 g/mol. The van der Waals surface area contributed by atoms with Crippen molar-refractivity contribution in [3.05, 3.63) is 21.9 Å². The first-order valence-electron chi connectivity index (χ1n) is 4.73. The molecule has 0 spiro atoms. The highest BCUT2D eigenvalue weighted by molar-refractivity contribution is 7.13. The van der Waals surface area contributed by atoms with Gasteiger partial charge in [-0.05, 0) is 39.8 Å². The van der Waals surface area contributed by atoms with Gasteiger partial charge in [0, 0.05) is 4.88 Å². The van der Waals surface area contributed by atoms with Gasteiger partial charge in [0.15, 0.2) is 5.78 Å². The predicted octanol–water partition coefficient (Wildman–Crippen LogP) is 2.15. The van der Waals surface area contributed by atoms with E-state index in [4.69, 9.17) is 0 Å². The summed E-state index contributed by atoms with van der Waals surface area (Å²) in [4.78, 5) is 24.7. The molecule has 1 amide bonds. The van der Waals surface area contributed by atoms with Crippen molar-refractivity contribution in [2.75, 3.05) is 0 Å². The number of Topliss-reactive ketones (excluding diaryl/α,β-unsaturated/α-hetero) is 1. The number of ketones is 1. The van der Waals surface area contributed by atoms with E-state index >= 15 is 0 Å². The summed E-state index contributed by atoms with van der Waals surface area (Å²) >= 11 is 1.42. The van der Waals surface area contributed by atoms with Crippen molar-refractivity contribution in [2.45, 2.75) is 33.2 Å². The van der Waals surface area contributed by atoms with E-state index in [9.17, 15) is 9.59 Å². The Balaban J connectivity index is 2.76. The molecule has 82 valence electrons. The smallest absolute Gasteiger partial charge is 0.262 e. The Morgan fingerprint density at radius 3 is 2.33 bits per heavy atom. The molecule has 15 heavy (non-hydrogen) atoms. The summed E-state index contributed by atoms with van der Waals surface area (Å²) in [5, 5.41) is 2.71. The first-order valence-corrected chi connectivity index (χ1v) is 5.54. The molecule has 0 aliphatic carbocycles. The Hall–Kier alpha value is -1.16. The SMILES string of the molecule is CC(=O)C(C)(C)NC(=O)c1ccc(C)s1. The second kappa shape index (κ2) is 4.14. The second-order valence-corrected chi connectivity index (χ2v) is 5.33. The average molecular weight is 225 g/mol. The van der Waals surface area contributed by atoms with Crippen LogP contribution in [0, 0.1) is 6.92 Å². The van der Waals surface area contributed by atoms with Crippen LogP contribution in [0.5, 0.6) is 0 Å². The van der Waals surface area contributed by atoms with Crippen molar-refractivity contribution in [3.63, 3.8) is 0 Å². The molecule has 3 nitrogen and oxygen atoms in total. The molecule has 1 rings (SSSR count). The molecule has 1 N–H and O–H groups in total. The van der Waals surface area contributed by atoms with E-state index in [-0.39, 0.29) is 11.7 Å². The van der Waals surface area contributed by atoms with E-state index in [1.807, 2.05) is 13.0 Å². The van der Waals surface area contributed by atoms with Gasteiger partial charge in [-0.15, -0.1) is 11.3 Å². The summed E-state index contributed by atoms with van der Waals surface area (Å²) < 4.78 is 0. The van der Waals surface area contributed by atoms with Crippen LogP contribution < -0.4 is 5.32 Å². The maximum absolute atomic E-state index is 11.7. The number of rotatable bonds is 3. The average Bonchev–Trinajstić information content (AvgIpc) is 2.50. The zero-order chi connectivity index (χ0) is 11.6. The van der Waals surface area contributed by atoms with Gasteiger partial charge < -0.3 is 5.32 Å². The third-order valence-electron chi connectivity index (χ3n) is 2.27. The third kappa shape index (κ3) is 2.89. The summed E-state index contributed by atoms with van der Waals surface area (Å²) in [6.45, 7) is 6.82. The molecular formula is C11H15NO2S. The summed E-state index contributed by atoms with van der Waals surface area (Å²) in [7, 11) is 0. The molecule has 1 heterocycles. The Morgan fingerprint density at radius 1 is 1.33 bits per heavy atom. The van der Waals surface area contributed by atoms with Crippen molar-refractivity contribution in [2.24, 2.45) is 0 Å². The molecule has 4 heteroatoms. The fourth-order valence-electron chi connectivity index (χ4n) is 0.990. The zero-order valence-electron chi connectivity index (χ0n) is 9.38. The van der Waals surface area contributed by atoms with Crippen LogP contribution in [-0.4, -0.2) is 17.2 Å². The van der Waals surface area contributed by atoms with Crippen molar-refractivity contribution in [1.29, 1.82) is 0 Å². The first-order chi connectivity index (χ1) is 6.83. The number of hydrogen-bond acceptors (Lipinski definition) is 3. The van der Waals surface area contributed by atoms with Gasteiger partial charge in [0.2, 0.25) is 0 Å². The van der Waals surface area contributed by atoms with Crippen molar-refractivity contribution in [1.82, 2.24) is 5.32 Å². The molecule has 0 bridgehead atoms. The minimum absolute atomic E-state index is 0.0517. The Morgan fingerprint density at radius 2 is 1.93 bits per heavy atom. The molecule has 0 radical (unpaired) electrons. The normalized spacial score (nSPS) is 11.2. The number of amides is 1. The quantitative estimate of drug-likeness (QED) is 0.856. The predicted molar refractivity (Wildman–Crippen MR) is 61.3 cm³/mol. The molecule has 0 aliphatic rings. The van der Waals surface area contributed by atoms with Crippen molar-refractivity contribution < 1.29 is 9.59 Å². The highest BCUT2D eigenvalue weighted by atomic mass is 32.1. The van der Waals surface area contributed by atoms with Crippen LogP contribution in [-0.2, 0) is 4.79 Å². The summed E-state index contributed by atoms with van der Waals surface area (Å²) in [5.74, 6) is -0.238. The molecule has 0 atom stereocenters. The topological polar surface area (TPSA) is 46.2 Å². The lowest BCUT2D eigenvalue weighted by Gasteiger charge is -2.22. The van der Waals surface area contributed by atoms with Crippen LogP contribution >= 0.6 is 11.3 Å². The van der Waals surface area contributed by atoms with Gasteiger partial charge in [-0.25, -0.2) is 0 Å². The zero-order valence-corrected chi connectivity index (χ0v) is 10.2. The van der Waals surface area contributed by atoms with Crippen LogP contribution in [0.1, 0.15) is 35.3 Å². The number of nitrogens with one attached hydrogen (secondary N) is 1. The number of carbonyl (C=O) groups excluding carboxylic acids is 2. The fraction of sp³-hybridized carbons (Fsp3) is 0.455. The highest BCUT2D eigenvalue weighted by Gasteiger charge is 2.26. The van der Waals surface area contributed by atoms with Crippen LogP contribution in [0.15, 0.2) is 12.1 Å². The fourth-order valence-corrected chi connectivity index (χ4v) is 1.75. The Kier molecular flexibility index (Phi) is 3.29. The number of thiophene rings is 1. The van der Waals surface area contributed by atoms with Gasteiger partial charge in [0.1, 0.15) is 0 Å². The van der Waals surface area contributed by atoms with Crippen LogP contribution in [0.3, 0.4) is 0 Å². The van der Waals surface area contributed by atoms with Crippen LogP contribution in [0.4, 0.5) is 0 Å². The third-order valence-corrected chi connectivity index (χ3v) is 3.27. The standard InChI is InChI=1S/C11H15NO2S/c1-7-5-6-9(15-7)10(14)12-11(3,4)8(2)13/h5-6H,1-4H3,(H,12,14). The summed E-state index contributed by atoms with van der Waals surface area (Å²) in [6, 6.07) is 3.66. The van der Waals surface area contributed by atoms with E-state index in [1.165, 1.54) is 18.3 Å². The largest absolute Gasteiger partial charge is 0.339 e. The molecule has 0 aromatic carbocycles. The first kappa shape index (κ1) is 11.9. The number of aryl methyl sites for hydroxylation is 1. The molecule has 0 saturated heterocycles. The maximum atomic E-state index is 11.7. The van der Waals surface area contributed by atoms with E-state index in [0.717, 1.165) is 4.88 Å². The van der Waals surface area contributed by atoms with Gasteiger partial charge in [-0.3, -0.25) is 9.59 Å². The second-order valence-electron chi connectivity index (χ2n) is 4.05. The summed E-state index contributed by atoms with van der Waals surface area (Å²) in [6.07, 6.45) is 0. The molecule has 1 aromatic heterocycles. The lowest BCUT2D eigenvalue weighted by molar-refractivity contribution is -0.121. The Labute approximate surface area is 93.5 Å². The van der Waals surface area contributed by atoms with Gasteiger partial charge in [0.25, 0.3) is 5.91 Å². The van der Waals surface area contributed by atoms with Gasteiger partial charge >= 0.3 is 0 Å². The van der Waals surface area contributed by atoms with Gasteiger partial charge in [0.05, 0.1) is 10.4 Å².